The number of carbonyl (C=O) groups is 1. The molecule has 0 aromatic heterocycles. The van der Waals surface area contributed by atoms with Crippen molar-refractivity contribution in [3.8, 4) is 0 Å². The number of methoxy groups -OCH3 is 1. The highest BCUT2D eigenvalue weighted by Gasteiger charge is 2.06. The molecule has 1 amide bonds. The first-order valence-electron chi connectivity index (χ1n) is 6.28. The first-order valence-corrected chi connectivity index (χ1v) is 6.28. The lowest BCUT2D eigenvalue weighted by Crippen LogP contribution is -2.39. The van der Waals surface area contributed by atoms with Crippen molar-refractivity contribution in [3.63, 3.8) is 0 Å². The number of hydrogen-bond donors (Lipinski definition) is 3. The molecule has 0 bridgehead atoms. The van der Waals surface area contributed by atoms with Gasteiger partial charge in [-0.05, 0) is 5.92 Å². The minimum Gasteiger partial charge on any atom is -0.389 e. The Morgan fingerprint density at radius 3 is 2.61 bits per heavy atom. The zero-order valence-corrected chi connectivity index (χ0v) is 11.6. The molecule has 0 saturated heterocycles. The van der Waals surface area contributed by atoms with Crippen LogP contribution in [0.15, 0.2) is 0 Å². The largest absolute Gasteiger partial charge is 0.389 e. The Kier molecular flexibility index (Phi) is 11.0. The highest BCUT2D eigenvalue weighted by molar-refractivity contribution is 5.77. The molecule has 0 aliphatic carbocycles. The molecule has 6 nitrogen and oxygen atoms in total. The first kappa shape index (κ1) is 17.3. The van der Waals surface area contributed by atoms with E-state index >= 15 is 0 Å². The Labute approximate surface area is 109 Å². The fourth-order valence-corrected chi connectivity index (χ4v) is 1.15. The average molecular weight is 262 g/mol. The second-order valence-corrected chi connectivity index (χ2v) is 4.55. The fraction of sp³-hybridized carbons (Fsp3) is 0.917. The smallest absolute Gasteiger partial charge is 0.233 e. The lowest BCUT2D eigenvalue weighted by atomic mass is 10.2. The molecular formula is C12H26N2O4. The number of ether oxygens (including phenoxy) is 2. The van der Waals surface area contributed by atoms with E-state index in [1.165, 1.54) is 0 Å². The Balaban J connectivity index is 3.38. The average Bonchev–Trinajstić information content (AvgIpc) is 2.32. The van der Waals surface area contributed by atoms with Crippen molar-refractivity contribution in [2.45, 2.75) is 20.0 Å². The van der Waals surface area contributed by atoms with Gasteiger partial charge in [0.05, 0.1) is 32.5 Å². The van der Waals surface area contributed by atoms with Gasteiger partial charge in [-0.1, -0.05) is 13.8 Å². The minimum absolute atomic E-state index is 0.0591. The maximum absolute atomic E-state index is 11.3. The second kappa shape index (κ2) is 11.4. The molecule has 6 heteroatoms. The molecule has 0 aromatic rings. The van der Waals surface area contributed by atoms with Gasteiger partial charge in [0.2, 0.25) is 5.91 Å². The predicted octanol–water partition coefficient (Wildman–Crippen LogP) is -0.628. The van der Waals surface area contributed by atoms with Crippen LogP contribution in [-0.2, 0) is 14.3 Å². The monoisotopic (exact) mass is 262 g/mol. The molecule has 108 valence electrons. The lowest BCUT2D eigenvalue weighted by molar-refractivity contribution is -0.120. The van der Waals surface area contributed by atoms with Gasteiger partial charge in [0.15, 0.2) is 0 Å². The maximum atomic E-state index is 11.3. The van der Waals surface area contributed by atoms with Gasteiger partial charge < -0.3 is 25.2 Å². The van der Waals surface area contributed by atoms with Crippen molar-refractivity contribution in [2.75, 3.05) is 46.6 Å². The van der Waals surface area contributed by atoms with E-state index in [2.05, 4.69) is 10.6 Å². The number of hydrogen-bond acceptors (Lipinski definition) is 5. The Bertz CT molecular complexity index is 212. The van der Waals surface area contributed by atoms with E-state index < -0.39 is 6.10 Å². The number of amides is 1. The van der Waals surface area contributed by atoms with Crippen LogP contribution in [0, 0.1) is 5.92 Å². The molecular weight excluding hydrogens is 236 g/mol. The summed E-state index contributed by atoms with van der Waals surface area (Å²) < 4.78 is 9.96. The van der Waals surface area contributed by atoms with Crippen LogP contribution in [0.2, 0.25) is 0 Å². The van der Waals surface area contributed by atoms with Crippen molar-refractivity contribution in [2.24, 2.45) is 5.92 Å². The van der Waals surface area contributed by atoms with Crippen LogP contribution in [-0.4, -0.2) is 63.7 Å². The van der Waals surface area contributed by atoms with Crippen LogP contribution >= 0.6 is 0 Å². The summed E-state index contributed by atoms with van der Waals surface area (Å²) in [6, 6.07) is 0. The highest BCUT2D eigenvalue weighted by Crippen LogP contribution is 1.87. The van der Waals surface area contributed by atoms with Crippen LogP contribution in [0.25, 0.3) is 0 Å². The first-order chi connectivity index (χ1) is 8.56. The van der Waals surface area contributed by atoms with Crippen molar-refractivity contribution in [1.82, 2.24) is 10.6 Å². The van der Waals surface area contributed by atoms with Crippen LogP contribution in [0.4, 0.5) is 0 Å². The second-order valence-electron chi connectivity index (χ2n) is 4.55. The number of carbonyl (C=O) groups excluding carboxylic acids is 1. The van der Waals surface area contributed by atoms with Crippen LogP contribution in [0.5, 0.6) is 0 Å². The number of nitrogens with one attached hydrogen (secondary N) is 2. The third-order valence-corrected chi connectivity index (χ3v) is 2.12. The zero-order chi connectivity index (χ0) is 13.8. The molecule has 0 aliphatic rings. The van der Waals surface area contributed by atoms with E-state index in [9.17, 15) is 9.90 Å². The molecule has 0 saturated carbocycles. The summed E-state index contributed by atoms with van der Waals surface area (Å²) in [6.45, 7) is 6.50. The molecule has 0 spiro atoms. The zero-order valence-electron chi connectivity index (χ0n) is 11.6. The van der Waals surface area contributed by atoms with Gasteiger partial charge in [-0.3, -0.25) is 4.79 Å². The van der Waals surface area contributed by atoms with E-state index in [4.69, 9.17) is 9.47 Å². The summed E-state index contributed by atoms with van der Waals surface area (Å²) in [7, 11) is 1.59. The Morgan fingerprint density at radius 2 is 2.00 bits per heavy atom. The van der Waals surface area contributed by atoms with Crippen LogP contribution in [0.1, 0.15) is 13.8 Å². The normalized spacial score (nSPS) is 12.7. The third kappa shape index (κ3) is 11.8. The van der Waals surface area contributed by atoms with Gasteiger partial charge in [0.25, 0.3) is 0 Å². The number of aliphatic hydroxyl groups excluding tert-OH is 1. The van der Waals surface area contributed by atoms with Gasteiger partial charge in [0, 0.05) is 20.2 Å². The van der Waals surface area contributed by atoms with Crippen molar-refractivity contribution >= 4 is 5.91 Å². The molecule has 0 aliphatic heterocycles. The number of aliphatic hydroxyl groups is 1. The predicted molar refractivity (Wildman–Crippen MR) is 69.4 cm³/mol. The fourth-order valence-electron chi connectivity index (χ4n) is 1.15. The maximum Gasteiger partial charge on any atom is 0.233 e. The van der Waals surface area contributed by atoms with E-state index in [1.54, 1.807) is 7.11 Å². The van der Waals surface area contributed by atoms with Gasteiger partial charge in [-0.2, -0.15) is 0 Å². The third-order valence-electron chi connectivity index (χ3n) is 2.12. The summed E-state index contributed by atoms with van der Waals surface area (Å²) in [6.07, 6.45) is -0.611. The van der Waals surface area contributed by atoms with Crippen molar-refractivity contribution in [3.05, 3.63) is 0 Å². The highest BCUT2D eigenvalue weighted by atomic mass is 16.5. The molecule has 0 heterocycles. The Hall–Kier alpha value is -0.690. The van der Waals surface area contributed by atoms with Crippen molar-refractivity contribution < 1.29 is 19.4 Å². The molecule has 3 N–H and O–H groups in total. The van der Waals surface area contributed by atoms with Gasteiger partial charge in [-0.25, -0.2) is 0 Å². The van der Waals surface area contributed by atoms with E-state index in [0.29, 0.717) is 32.2 Å². The quantitative estimate of drug-likeness (QED) is 0.432. The molecule has 18 heavy (non-hydrogen) atoms. The summed E-state index contributed by atoms with van der Waals surface area (Å²) >= 11 is 0. The molecule has 1 atom stereocenters. The van der Waals surface area contributed by atoms with Crippen LogP contribution in [0.3, 0.4) is 0 Å². The number of rotatable bonds is 11. The molecule has 0 rings (SSSR count). The van der Waals surface area contributed by atoms with Gasteiger partial charge in [-0.15, -0.1) is 0 Å². The summed E-state index contributed by atoms with van der Waals surface area (Å²) in [5, 5.41) is 15.2. The van der Waals surface area contributed by atoms with Crippen LogP contribution < -0.4 is 10.6 Å². The van der Waals surface area contributed by atoms with E-state index in [-0.39, 0.29) is 19.1 Å². The van der Waals surface area contributed by atoms with E-state index in [0.717, 1.165) is 0 Å². The van der Waals surface area contributed by atoms with E-state index in [1.807, 2.05) is 13.8 Å². The molecule has 0 radical (unpaired) electrons. The molecule has 0 aromatic carbocycles. The topological polar surface area (TPSA) is 79.8 Å². The minimum atomic E-state index is -0.611. The molecule has 0 fully saturated rings. The Morgan fingerprint density at radius 1 is 1.28 bits per heavy atom. The van der Waals surface area contributed by atoms with Gasteiger partial charge in [0.1, 0.15) is 0 Å². The summed E-state index contributed by atoms with van der Waals surface area (Å²) in [5.74, 6) is 0.380. The standard InChI is InChI=1S/C12H26N2O4/c1-10(2)6-14-12(16)8-13-7-11(15)9-18-5-4-17-3/h10-11,13,15H,4-9H2,1-3H3,(H,14,16). The van der Waals surface area contributed by atoms with Crippen molar-refractivity contribution in [1.29, 1.82) is 0 Å². The summed E-state index contributed by atoms with van der Waals surface area (Å²) in [5.41, 5.74) is 0. The summed E-state index contributed by atoms with van der Waals surface area (Å²) in [4.78, 5) is 11.3. The SMILES string of the molecule is COCCOCC(O)CNCC(=O)NCC(C)C. The molecule has 1 unspecified atom stereocenters. The lowest BCUT2D eigenvalue weighted by Gasteiger charge is -2.12. The van der Waals surface area contributed by atoms with Gasteiger partial charge >= 0.3 is 0 Å².